The first-order valence-corrected chi connectivity index (χ1v) is 18.3. The Bertz CT molecular complexity index is 564. The van der Waals surface area contributed by atoms with Crippen molar-refractivity contribution in [1.29, 1.82) is 0 Å². The minimum absolute atomic E-state index is 0.756. The van der Waals surface area contributed by atoms with Gasteiger partial charge in [0.1, 0.15) is 5.75 Å². The first kappa shape index (κ1) is 20.1. The molecule has 1 aromatic rings. The molecule has 0 unspecified atom stereocenters. The van der Waals surface area contributed by atoms with Crippen LogP contribution in [0.15, 0.2) is 18.7 Å². The molecule has 0 aliphatic rings. The van der Waals surface area contributed by atoms with Crippen molar-refractivity contribution in [3.63, 3.8) is 0 Å². The summed E-state index contributed by atoms with van der Waals surface area (Å²) in [6.07, 6.45) is 1.82. The van der Waals surface area contributed by atoms with Crippen LogP contribution < -0.4 is 13.3 Å². The van der Waals surface area contributed by atoms with Crippen LogP contribution in [0.5, 0.6) is 17.2 Å². The second-order valence-electron chi connectivity index (χ2n) is 8.66. The monoisotopic (exact) mass is 368 g/mol. The van der Waals surface area contributed by atoms with Crippen LogP contribution in [0.4, 0.5) is 0 Å². The van der Waals surface area contributed by atoms with Gasteiger partial charge in [-0.25, -0.2) is 0 Å². The molecule has 0 saturated carbocycles. The van der Waals surface area contributed by atoms with E-state index in [0.717, 1.165) is 22.8 Å². The summed E-state index contributed by atoms with van der Waals surface area (Å²) in [5.74, 6) is 2.34. The van der Waals surface area contributed by atoms with Gasteiger partial charge in [-0.3, -0.25) is 0 Å². The predicted octanol–water partition coefficient (Wildman–Crippen LogP) is 5.97. The normalized spacial score (nSPS) is 12.7. The van der Waals surface area contributed by atoms with Crippen LogP contribution in [0.3, 0.4) is 0 Å². The third kappa shape index (κ3) is 6.97. The molecule has 0 aliphatic carbocycles. The number of rotatable bonds is 7. The van der Waals surface area contributed by atoms with E-state index in [1.807, 2.05) is 18.2 Å². The fourth-order valence-corrected chi connectivity index (χ4v) is 4.39. The van der Waals surface area contributed by atoms with Gasteiger partial charge >= 0.3 is 0 Å². The largest absolute Gasteiger partial charge is 0.542 e. The second-order valence-corrected chi connectivity index (χ2v) is 21.9. The third-order valence-corrected chi connectivity index (χ3v) is 5.02. The van der Waals surface area contributed by atoms with Gasteiger partial charge in [-0.1, -0.05) is 12.7 Å². The lowest BCUT2D eigenvalue weighted by Crippen LogP contribution is -2.34. The first-order valence-electron chi connectivity index (χ1n) is 8.08. The lowest BCUT2D eigenvalue weighted by molar-refractivity contribution is 0.453. The van der Waals surface area contributed by atoms with Crippen LogP contribution in [-0.4, -0.2) is 25.0 Å². The highest BCUT2D eigenvalue weighted by atomic mass is 28.4. The van der Waals surface area contributed by atoms with E-state index in [9.17, 15) is 0 Å². The van der Waals surface area contributed by atoms with Crippen LogP contribution >= 0.6 is 0 Å². The zero-order valence-electron chi connectivity index (χ0n) is 16.2. The van der Waals surface area contributed by atoms with Gasteiger partial charge in [0.05, 0.1) is 0 Å². The minimum atomic E-state index is -1.81. The molecule has 0 radical (unpaired) electrons. The Morgan fingerprint density at radius 3 is 1.52 bits per heavy atom. The van der Waals surface area contributed by atoms with E-state index >= 15 is 0 Å². The highest BCUT2D eigenvalue weighted by Gasteiger charge is 2.29. The van der Waals surface area contributed by atoms with Crippen LogP contribution in [0.2, 0.25) is 58.9 Å². The highest BCUT2D eigenvalue weighted by Crippen LogP contribution is 2.44. The molecule has 130 valence electrons. The van der Waals surface area contributed by atoms with Crippen LogP contribution in [0, 0.1) is 0 Å². The van der Waals surface area contributed by atoms with Crippen molar-refractivity contribution in [2.75, 3.05) is 0 Å². The van der Waals surface area contributed by atoms with Crippen LogP contribution in [-0.2, 0) is 0 Å². The summed E-state index contributed by atoms with van der Waals surface area (Å²) in [5.41, 5.74) is 0.962. The van der Waals surface area contributed by atoms with Gasteiger partial charge in [0, 0.05) is 5.56 Å². The fraction of sp³-hybridized carbons (Fsp3) is 0.529. The van der Waals surface area contributed by atoms with Gasteiger partial charge in [-0.2, -0.15) is 0 Å². The minimum Gasteiger partial charge on any atom is -0.542 e. The smallest absolute Gasteiger partial charge is 0.242 e. The third-order valence-electron chi connectivity index (χ3n) is 2.56. The maximum atomic E-state index is 6.38. The number of hydrogen-bond acceptors (Lipinski definition) is 3. The average Bonchev–Trinajstić information content (AvgIpc) is 2.28. The molecule has 0 aliphatic heterocycles. The Morgan fingerprint density at radius 2 is 1.13 bits per heavy atom. The molecule has 0 bridgehead atoms. The van der Waals surface area contributed by atoms with Crippen molar-refractivity contribution in [3.8, 4) is 17.2 Å². The van der Waals surface area contributed by atoms with E-state index in [1.54, 1.807) is 0 Å². The fourth-order valence-electron chi connectivity index (χ4n) is 1.95. The maximum Gasteiger partial charge on any atom is 0.242 e. The first-order chi connectivity index (χ1) is 10.2. The summed E-state index contributed by atoms with van der Waals surface area (Å²) in [7, 11) is -5.35. The predicted molar refractivity (Wildman–Crippen MR) is 108 cm³/mol. The topological polar surface area (TPSA) is 27.7 Å². The summed E-state index contributed by atoms with van der Waals surface area (Å²) in [4.78, 5) is 0. The van der Waals surface area contributed by atoms with E-state index in [4.69, 9.17) is 13.3 Å². The molecule has 0 aromatic heterocycles. The van der Waals surface area contributed by atoms with Gasteiger partial charge in [0.2, 0.25) is 25.0 Å². The molecule has 1 aromatic carbocycles. The summed E-state index contributed by atoms with van der Waals surface area (Å²) < 4.78 is 19.0. The van der Waals surface area contributed by atoms with Crippen molar-refractivity contribution in [1.82, 2.24) is 0 Å². The lowest BCUT2D eigenvalue weighted by Gasteiger charge is -2.30. The molecule has 0 atom stereocenters. The Labute approximate surface area is 145 Å². The zero-order valence-corrected chi connectivity index (χ0v) is 19.2. The molecule has 23 heavy (non-hydrogen) atoms. The van der Waals surface area contributed by atoms with Crippen molar-refractivity contribution in [2.45, 2.75) is 58.9 Å². The van der Waals surface area contributed by atoms with Gasteiger partial charge in [-0.15, -0.1) is 0 Å². The van der Waals surface area contributed by atoms with E-state index < -0.39 is 25.0 Å². The SMILES string of the molecule is C=Cc1ccc(O[Si](C)(C)C)c(O[Si](C)(C)C)c1O[Si](C)(C)C. The summed E-state index contributed by atoms with van der Waals surface area (Å²) in [6.45, 7) is 23.5. The van der Waals surface area contributed by atoms with E-state index in [1.165, 1.54) is 0 Å². The van der Waals surface area contributed by atoms with Gasteiger partial charge in [0.15, 0.2) is 11.5 Å². The number of hydrogen-bond donors (Lipinski definition) is 0. The molecular formula is C17H32O3Si3. The van der Waals surface area contributed by atoms with Gasteiger partial charge < -0.3 is 13.3 Å². The van der Waals surface area contributed by atoms with Crippen LogP contribution in [0.25, 0.3) is 6.08 Å². The van der Waals surface area contributed by atoms with Gasteiger partial charge in [0.25, 0.3) is 0 Å². The lowest BCUT2D eigenvalue weighted by atomic mass is 10.2. The Hall–Kier alpha value is -0.989. The highest BCUT2D eigenvalue weighted by molar-refractivity contribution is 6.71. The van der Waals surface area contributed by atoms with E-state index in [2.05, 4.69) is 65.5 Å². The Morgan fingerprint density at radius 1 is 0.696 bits per heavy atom. The summed E-state index contributed by atoms with van der Waals surface area (Å²) in [5, 5.41) is 0. The number of benzene rings is 1. The molecule has 0 fully saturated rings. The Kier molecular flexibility index (Phi) is 5.99. The average molecular weight is 369 g/mol. The quantitative estimate of drug-likeness (QED) is 0.555. The van der Waals surface area contributed by atoms with E-state index in [-0.39, 0.29) is 0 Å². The van der Waals surface area contributed by atoms with Crippen molar-refractivity contribution in [2.24, 2.45) is 0 Å². The van der Waals surface area contributed by atoms with Crippen molar-refractivity contribution < 1.29 is 13.3 Å². The van der Waals surface area contributed by atoms with Crippen molar-refractivity contribution >= 4 is 31.0 Å². The molecular weight excluding hydrogens is 336 g/mol. The molecule has 0 saturated heterocycles. The van der Waals surface area contributed by atoms with Crippen LogP contribution in [0.1, 0.15) is 5.56 Å². The molecule has 0 spiro atoms. The summed E-state index contributed by atoms with van der Waals surface area (Å²) >= 11 is 0. The van der Waals surface area contributed by atoms with E-state index in [0.29, 0.717) is 0 Å². The molecule has 3 nitrogen and oxygen atoms in total. The molecule has 0 heterocycles. The van der Waals surface area contributed by atoms with Gasteiger partial charge in [-0.05, 0) is 71.1 Å². The second kappa shape index (κ2) is 6.86. The molecule has 6 heteroatoms. The molecule has 0 N–H and O–H groups in total. The molecule has 1 rings (SSSR count). The molecule has 0 amide bonds. The van der Waals surface area contributed by atoms with Crippen molar-refractivity contribution in [3.05, 3.63) is 24.3 Å². The Balaban J connectivity index is 3.53. The zero-order chi connectivity index (χ0) is 18.1. The maximum absolute atomic E-state index is 6.38. The standard InChI is InChI=1S/C17H32O3Si3/c1-11-14-12-13-15(18-21(2,3)4)17(20-23(8,9)10)16(14)19-22(5,6)7/h11-13H,1H2,2-10H3. The summed E-state index contributed by atoms with van der Waals surface area (Å²) in [6, 6.07) is 4.00.